The quantitative estimate of drug-likeness (QED) is 0.691. The van der Waals surface area contributed by atoms with Crippen LogP contribution in [0.3, 0.4) is 0 Å². The van der Waals surface area contributed by atoms with Crippen LogP contribution in [0.2, 0.25) is 0 Å². The number of hydrogen-bond acceptors (Lipinski definition) is 5. The molecule has 0 radical (unpaired) electrons. The van der Waals surface area contributed by atoms with Crippen molar-refractivity contribution in [1.29, 1.82) is 0 Å². The molecule has 25 heavy (non-hydrogen) atoms. The van der Waals surface area contributed by atoms with Gasteiger partial charge in [0.25, 0.3) is 5.91 Å². The molecular weight excluding hydrogens is 318 g/mol. The Morgan fingerprint density at radius 2 is 2.12 bits per heavy atom. The number of carbonyl (C=O) groups excluding carboxylic acids is 1. The molecule has 0 aliphatic carbocycles. The number of hydrogen-bond donors (Lipinski definition) is 0. The van der Waals surface area contributed by atoms with Gasteiger partial charge in [-0.3, -0.25) is 4.79 Å². The number of rotatable bonds is 6. The maximum absolute atomic E-state index is 12.5. The van der Waals surface area contributed by atoms with Gasteiger partial charge in [-0.15, -0.1) is 5.10 Å². The van der Waals surface area contributed by atoms with Crippen LogP contribution in [0.5, 0.6) is 0 Å². The molecule has 1 atom stereocenters. The Morgan fingerprint density at radius 1 is 1.32 bits per heavy atom. The van der Waals surface area contributed by atoms with Crippen LogP contribution in [-0.2, 0) is 6.54 Å². The standard InChI is InChI=1S/C18H19N5O2/c1-14(16-10-12-25-20-16)22(2)18(24)17-13-23(21-19-17)11-6-9-15-7-4-3-5-8-15/h3-10,12-14H,11H2,1-2H3/b9-6+/t14-/m1/s1. The van der Waals surface area contributed by atoms with Crippen molar-refractivity contribution >= 4 is 12.0 Å². The number of benzene rings is 1. The minimum atomic E-state index is -0.214. The normalized spacial score (nSPS) is 12.4. The first kappa shape index (κ1) is 16.6. The molecule has 7 nitrogen and oxygen atoms in total. The summed E-state index contributed by atoms with van der Waals surface area (Å²) in [7, 11) is 1.70. The fraction of sp³-hybridized carbons (Fsp3) is 0.222. The Morgan fingerprint density at radius 3 is 2.84 bits per heavy atom. The highest BCUT2D eigenvalue weighted by molar-refractivity contribution is 5.92. The van der Waals surface area contributed by atoms with Gasteiger partial charge in [-0.25, -0.2) is 4.68 Å². The lowest BCUT2D eigenvalue weighted by molar-refractivity contribution is 0.0731. The Labute approximate surface area is 145 Å². The van der Waals surface area contributed by atoms with E-state index in [0.29, 0.717) is 17.9 Å². The van der Waals surface area contributed by atoms with Gasteiger partial charge in [-0.2, -0.15) is 0 Å². The second-order valence-corrected chi connectivity index (χ2v) is 5.66. The predicted octanol–water partition coefficient (Wildman–Crippen LogP) is 2.81. The van der Waals surface area contributed by atoms with E-state index in [1.54, 1.807) is 28.9 Å². The van der Waals surface area contributed by atoms with Crippen molar-refractivity contribution < 1.29 is 9.32 Å². The molecule has 0 N–H and O–H groups in total. The highest BCUT2D eigenvalue weighted by atomic mass is 16.5. The van der Waals surface area contributed by atoms with Crippen LogP contribution in [0.1, 0.15) is 34.7 Å². The van der Waals surface area contributed by atoms with E-state index in [-0.39, 0.29) is 11.9 Å². The SMILES string of the molecule is C[C@H](c1ccon1)N(C)C(=O)c1cn(C/C=C/c2ccccc2)nn1. The van der Waals surface area contributed by atoms with Crippen LogP contribution in [0.15, 0.2) is 59.5 Å². The summed E-state index contributed by atoms with van der Waals surface area (Å²) < 4.78 is 6.45. The molecular formula is C18H19N5O2. The summed E-state index contributed by atoms with van der Waals surface area (Å²) in [6, 6.07) is 11.5. The van der Waals surface area contributed by atoms with Gasteiger partial charge in [0.05, 0.1) is 18.8 Å². The van der Waals surface area contributed by atoms with Gasteiger partial charge in [0.2, 0.25) is 0 Å². The Balaban J connectivity index is 1.62. The van der Waals surface area contributed by atoms with Crippen molar-refractivity contribution in [3.63, 3.8) is 0 Å². The lowest BCUT2D eigenvalue weighted by Crippen LogP contribution is -2.30. The van der Waals surface area contributed by atoms with Gasteiger partial charge < -0.3 is 9.42 Å². The zero-order valence-corrected chi connectivity index (χ0v) is 14.1. The van der Waals surface area contributed by atoms with Crippen LogP contribution >= 0.6 is 0 Å². The fourth-order valence-corrected chi connectivity index (χ4v) is 2.34. The number of nitrogens with zero attached hydrogens (tertiary/aromatic N) is 5. The van der Waals surface area contributed by atoms with E-state index in [1.807, 2.05) is 49.4 Å². The first-order valence-electron chi connectivity index (χ1n) is 7.94. The van der Waals surface area contributed by atoms with Crippen LogP contribution in [0, 0.1) is 0 Å². The summed E-state index contributed by atoms with van der Waals surface area (Å²) in [4.78, 5) is 14.1. The molecule has 3 rings (SSSR count). The van der Waals surface area contributed by atoms with Gasteiger partial charge >= 0.3 is 0 Å². The lowest BCUT2D eigenvalue weighted by Gasteiger charge is -2.21. The molecule has 0 aliphatic rings. The Hall–Kier alpha value is -3.22. The first-order valence-corrected chi connectivity index (χ1v) is 7.94. The number of allylic oxidation sites excluding steroid dienone is 1. The molecule has 1 aromatic carbocycles. The minimum Gasteiger partial charge on any atom is -0.364 e. The van der Waals surface area contributed by atoms with Crippen LogP contribution in [-0.4, -0.2) is 38.0 Å². The van der Waals surface area contributed by atoms with Crippen molar-refractivity contribution in [2.75, 3.05) is 7.05 Å². The summed E-state index contributed by atoms with van der Waals surface area (Å²) in [5, 5.41) is 11.8. The molecule has 0 saturated heterocycles. The Bertz CT molecular complexity index is 840. The summed E-state index contributed by atoms with van der Waals surface area (Å²) in [6.45, 7) is 2.42. The van der Waals surface area contributed by atoms with Crippen LogP contribution in [0.4, 0.5) is 0 Å². The van der Waals surface area contributed by atoms with E-state index in [1.165, 1.54) is 6.26 Å². The molecule has 2 heterocycles. The highest BCUT2D eigenvalue weighted by Gasteiger charge is 2.22. The van der Waals surface area contributed by atoms with Crippen molar-refractivity contribution in [2.24, 2.45) is 0 Å². The minimum absolute atomic E-state index is 0.214. The topological polar surface area (TPSA) is 77.0 Å². The third kappa shape index (κ3) is 4.00. The average Bonchev–Trinajstić information content (AvgIpc) is 3.33. The van der Waals surface area contributed by atoms with Crippen molar-refractivity contribution in [3.8, 4) is 0 Å². The summed E-state index contributed by atoms with van der Waals surface area (Å²) in [6.07, 6.45) is 7.10. The van der Waals surface area contributed by atoms with Crippen LogP contribution < -0.4 is 0 Å². The molecule has 0 spiro atoms. The fourth-order valence-electron chi connectivity index (χ4n) is 2.34. The molecule has 0 unspecified atom stereocenters. The zero-order valence-electron chi connectivity index (χ0n) is 14.1. The van der Waals surface area contributed by atoms with Gasteiger partial charge in [0.15, 0.2) is 5.69 Å². The third-order valence-corrected chi connectivity index (χ3v) is 3.95. The molecule has 1 amide bonds. The van der Waals surface area contributed by atoms with E-state index in [9.17, 15) is 4.79 Å². The lowest BCUT2D eigenvalue weighted by atomic mass is 10.2. The largest absolute Gasteiger partial charge is 0.364 e. The Kier molecular flexibility index (Phi) is 5.03. The smallest absolute Gasteiger partial charge is 0.276 e. The van der Waals surface area contributed by atoms with E-state index < -0.39 is 0 Å². The zero-order chi connectivity index (χ0) is 17.6. The molecule has 0 bridgehead atoms. The van der Waals surface area contributed by atoms with Gasteiger partial charge in [-0.1, -0.05) is 52.9 Å². The van der Waals surface area contributed by atoms with Crippen LogP contribution in [0.25, 0.3) is 6.08 Å². The van der Waals surface area contributed by atoms with Gasteiger partial charge in [0, 0.05) is 13.1 Å². The van der Waals surface area contributed by atoms with Crippen molar-refractivity contribution in [3.05, 3.63) is 71.9 Å². The molecule has 0 aliphatic heterocycles. The maximum Gasteiger partial charge on any atom is 0.276 e. The molecule has 0 saturated carbocycles. The first-order chi connectivity index (χ1) is 12.1. The number of carbonyl (C=O) groups is 1. The van der Waals surface area contributed by atoms with E-state index in [0.717, 1.165) is 5.56 Å². The van der Waals surface area contributed by atoms with E-state index >= 15 is 0 Å². The highest BCUT2D eigenvalue weighted by Crippen LogP contribution is 2.18. The van der Waals surface area contributed by atoms with Crippen molar-refractivity contribution in [2.45, 2.75) is 19.5 Å². The second kappa shape index (κ2) is 7.57. The maximum atomic E-state index is 12.5. The molecule has 128 valence electrons. The van der Waals surface area contributed by atoms with Gasteiger partial charge in [0.1, 0.15) is 12.0 Å². The van der Waals surface area contributed by atoms with E-state index in [4.69, 9.17) is 4.52 Å². The summed E-state index contributed by atoms with van der Waals surface area (Å²) >= 11 is 0. The molecule has 0 fully saturated rings. The van der Waals surface area contributed by atoms with Crippen molar-refractivity contribution in [1.82, 2.24) is 25.1 Å². The molecule has 2 aromatic heterocycles. The third-order valence-electron chi connectivity index (χ3n) is 3.95. The number of aromatic nitrogens is 4. The average molecular weight is 337 g/mol. The second-order valence-electron chi connectivity index (χ2n) is 5.66. The molecule has 3 aromatic rings. The number of amides is 1. The molecule has 7 heteroatoms. The van der Waals surface area contributed by atoms with Gasteiger partial charge in [-0.05, 0) is 12.5 Å². The monoisotopic (exact) mass is 337 g/mol. The summed E-state index contributed by atoms with van der Waals surface area (Å²) in [5.41, 5.74) is 2.10. The summed E-state index contributed by atoms with van der Waals surface area (Å²) in [5.74, 6) is -0.214. The predicted molar refractivity (Wildman–Crippen MR) is 92.5 cm³/mol. The van der Waals surface area contributed by atoms with E-state index in [2.05, 4.69) is 15.5 Å².